The number of hydrogen-bond donors (Lipinski definition) is 2. The van der Waals surface area contributed by atoms with Crippen LogP contribution in [0.3, 0.4) is 0 Å². The van der Waals surface area contributed by atoms with Gasteiger partial charge in [0.1, 0.15) is 0 Å². The minimum Gasteiger partial charge on any atom is -0.396 e. The summed E-state index contributed by atoms with van der Waals surface area (Å²) in [6, 6.07) is 0.312. The molecule has 1 rings (SSSR count). The van der Waals surface area contributed by atoms with E-state index in [4.69, 9.17) is 17.3 Å². The second kappa shape index (κ2) is 3.63. The maximum Gasteiger partial charge on any atom is 0.0841 e. The topological polar surface area (TPSA) is 50.9 Å². The third kappa shape index (κ3) is 2.01. The molecule has 0 aliphatic heterocycles. The van der Waals surface area contributed by atoms with Crippen LogP contribution in [0.1, 0.15) is 13.8 Å². The summed E-state index contributed by atoms with van der Waals surface area (Å²) in [5, 5.41) is 3.70. The lowest BCUT2D eigenvalue weighted by Gasteiger charge is -2.12. The molecule has 0 atom stereocenters. The van der Waals surface area contributed by atoms with Crippen LogP contribution in [-0.2, 0) is 0 Å². The fourth-order valence-corrected chi connectivity index (χ4v) is 1.11. The Morgan fingerprint density at radius 3 is 2.67 bits per heavy atom. The first-order valence-electron chi connectivity index (χ1n) is 3.76. The van der Waals surface area contributed by atoms with E-state index in [1.807, 2.05) is 13.8 Å². The van der Waals surface area contributed by atoms with Gasteiger partial charge in [-0.1, -0.05) is 11.6 Å². The number of rotatable bonds is 2. The van der Waals surface area contributed by atoms with Gasteiger partial charge in [-0.2, -0.15) is 0 Å². The smallest absolute Gasteiger partial charge is 0.0841 e. The van der Waals surface area contributed by atoms with Gasteiger partial charge in [0.05, 0.1) is 22.6 Å². The molecule has 12 heavy (non-hydrogen) atoms. The minimum atomic E-state index is 0.312. The van der Waals surface area contributed by atoms with Crippen LogP contribution in [0.15, 0.2) is 12.4 Å². The summed E-state index contributed by atoms with van der Waals surface area (Å²) in [5.74, 6) is 0. The Kier molecular flexibility index (Phi) is 2.76. The molecule has 0 amide bonds. The van der Waals surface area contributed by atoms with Crippen LogP contribution < -0.4 is 11.1 Å². The van der Waals surface area contributed by atoms with Crippen LogP contribution in [0.2, 0.25) is 5.02 Å². The summed E-state index contributed by atoms with van der Waals surface area (Å²) in [6.07, 6.45) is 3.15. The SMILES string of the molecule is CC(C)Nc1c(N)cncc1Cl. The van der Waals surface area contributed by atoms with E-state index < -0.39 is 0 Å². The van der Waals surface area contributed by atoms with Gasteiger partial charge in [-0.3, -0.25) is 4.98 Å². The zero-order chi connectivity index (χ0) is 9.14. The lowest BCUT2D eigenvalue weighted by molar-refractivity contribution is 0.900. The predicted octanol–water partition coefficient (Wildman–Crippen LogP) is 2.14. The number of anilines is 2. The molecular formula is C8H12ClN3. The molecular weight excluding hydrogens is 174 g/mol. The van der Waals surface area contributed by atoms with Crippen molar-refractivity contribution in [3.8, 4) is 0 Å². The van der Waals surface area contributed by atoms with E-state index in [0.29, 0.717) is 16.8 Å². The van der Waals surface area contributed by atoms with Crippen molar-refractivity contribution < 1.29 is 0 Å². The Labute approximate surface area is 76.9 Å². The lowest BCUT2D eigenvalue weighted by Crippen LogP contribution is -2.11. The molecule has 0 fully saturated rings. The number of nitrogen functional groups attached to an aromatic ring is 1. The fourth-order valence-electron chi connectivity index (χ4n) is 0.891. The molecule has 0 spiro atoms. The van der Waals surface area contributed by atoms with Crippen LogP contribution in [0.25, 0.3) is 0 Å². The van der Waals surface area contributed by atoms with Crippen molar-refractivity contribution in [2.24, 2.45) is 0 Å². The first kappa shape index (κ1) is 9.13. The largest absolute Gasteiger partial charge is 0.396 e. The summed E-state index contributed by atoms with van der Waals surface area (Å²) in [7, 11) is 0. The summed E-state index contributed by atoms with van der Waals surface area (Å²) in [5.41, 5.74) is 7.01. The number of nitrogens with one attached hydrogen (secondary N) is 1. The van der Waals surface area contributed by atoms with Crippen molar-refractivity contribution in [2.45, 2.75) is 19.9 Å². The number of nitrogens with zero attached hydrogens (tertiary/aromatic N) is 1. The van der Waals surface area contributed by atoms with Crippen molar-refractivity contribution in [1.29, 1.82) is 0 Å². The molecule has 1 aromatic heterocycles. The van der Waals surface area contributed by atoms with Crippen LogP contribution >= 0.6 is 11.6 Å². The van der Waals surface area contributed by atoms with E-state index >= 15 is 0 Å². The molecule has 0 saturated heterocycles. The van der Waals surface area contributed by atoms with E-state index in [9.17, 15) is 0 Å². The van der Waals surface area contributed by atoms with Crippen molar-refractivity contribution >= 4 is 23.0 Å². The molecule has 0 saturated carbocycles. The van der Waals surface area contributed by atoms with Gasteiger partial charge >= 0.3 is 0 Å². The van der Waals surface area contributed by atoms with Gasteiger partial charge < -0.3 is 11.1 Å². The summed E-state index contributed by atoms with van der Waals surface area (Å²) >= 11 is 5.87. The van der Waals surface area contributed by atoms with Crippen LogP contribution in [-0.4, -0.2) is 11.0 Å². The monoisotopic (exact) mass is 185 g/mol. The Hall–Kier alpha value is -0.960. The van der Waals surface area contributed by atoms with Gasteiger partial charge in [-0.25, -0.2) is 0 Å². The highest BCUT2D eigenvalue weighted by atomic mass is 35.5. The van der Waals surface area contributed by atoms with Gasteiger partial charge in [-0.15, -0.1) is 0 Å². The number of nitrogens with two attached hydrogens (primary N) is 1. The molecule has 4 heteroatoms. The van der Waals surface area contributed by atoms with Crippen molar-refractivity contribution in [2.75, 3.05) is 11.1 Å². The van der Waals surface area contributed by atoms with Crippen molar-refractivity contribution in [1.82, 2.24) is 4.98 Å². The summed E-state index contributed by atoms with van der Waals surface area (Å²) in [6.45, 7) is 4.05. The standard InChI is InChI=1S/C8H12ClN3/c1-5(2)12-8-6(9)3-11-4-7(8)10/h3-5H,10H2,1-2H3,(H,11,12). The highest BCUT2D eigenvalue weighted by Crippen LogP contribution is 2.26. The van der Waals surface area contributed by atoms with E-state index in [0.717, 1.165) is 5.69 Å². The quantitative estimate of drug-likeness (QED) is 0.742. The maximum absolute atomic E-state index is 5.87. The van der Waals surface area contributed by atoms with E-state index in [1.165, 1.54) is 0 Å². The second-order valence-electron chi connectivity index (χ2n) is 2.88. The third-order valence-corrected chi connectivity index (χ3v) is 1.65. The average molecular weight is 186 g/mol. The normalized spacial score (nSPS) is 10.3. The fraction of sp³-hybridized carbons (Fsp3) is 0.375. The predicted molar refractivity (Wildman–Crippen MR) is 52.4 cm³/mol. The Balaban J connectivity index is 2.96. The third-order valence-electron chi connectivity index (χ3n) is 1.36. The number of hydrogen-bond acceptors (Lipinski definition) is 3. The second-order valence-corrected chi connectivity index (χ2v) is 3.29. The van der Waals surface area contributed by atoms with E-state index in [-0.39, 0.29) is 0 Å². The summed E-state index contributed by atoms with van der Waals surface area (Å²) in [4.78, 5) is 3.85. The average Bonchev–Trinajstić information content (AvgIpc) is 1.97. The summed E-state index contributed by atoms with van der Waals surface area (Å²) < 4.78 is 0. The number of pyridine rings is 1. The van der Waals surface area contributed by atoms with Gasteiger partial charge in [-0.05, 0) is 13.8 Å². The molecule has 0 unspecified atom stereocenters. The van der Waals surface area contributed by atoms with Crippen LogP contribution in [0.4, 0.5) is 11.4 Å². The molecule has 3 N–H and O–H groups in total. The van der Waals surface area contributed by atoms with E-state index in [1.54, 1.807) is 12.4 Å². The zero-order valence-corrected chi connectivity index (χ0v) is 7.89. The molecule has 1 heterocycles. The lowest BCUT2D eigenvalue weighted by atomic mass is 10.3. The number of halogens is 1. The van der Waals surface area contributed by atoms with Gasteiger partial charge in [0.15, 0.2) is 0 Å². The highest BCUT2D eigenvalue weighted by Gasteiger charge is 2.04. The maximum atomic E-state index is 5.87. The first-order chi connectivity index (χ1) is 5.61. The van der Waals surface area contributed by atoms with Gasteiger partial charge in [0, 0.05) is 12.2 Å². The minimum absolute atomic E-state index is 0.312. The molecule has 66 valence electrons. The van der Waals surface area contributed by atoms with Gasteiger partial charge in [0.25, 0.3) is 0 Å². The Bertz CT molecular complexity index is 253. The molecule has 0 aliphatic rings. The van der Waals surface area contributed by atoms with Crippen molar-refractivity contribution in [3.63, 3.8) is 0 Å². The van der Waals surface area contributed by atoms with E-state index in [2.05, 4.69) is 10.3 Å². The molecule has 3 nitrogen and oxygen atoms in total. The zero-order valence-electron chi connectivity index (χ0n) is 7.13. The van der Waals surface area contributed by atoms with Crippen LogP contribution in [0, 0.1) is 0 Å². The highest BCUT2D eigenvalue weighted by molar-refractivity contribution is 6.33. The molecule has 0 bridgehead atoms. The Morgan fingerprint density at radius 2 is 2.17 bits per heavy atom. The Morgan fingerprint density at radius 1 is 1.50 bits per heavy atom. The number of aromatic nitrogens is 1. The molecule has 0 aliphatic carbocycles. The molecule has 1 aromatic rings. The van der Waals surface area contributed by atoms with Gasteiger partial charge in [0.2, 0.25) is 0 Å². The van der Waals surface area contributed by atoms with Crippen LogP contribution in [0.5, 0.6) is 0 Å². The molecule has 0 radical (unpaired) electrons. The molecule has 0 aromatic carbocycles. The first-order valence-corrected chi connectivity index (χ1v) is 4.14. The van der Waals surface area contributed by atoms with Crippen molar-refractivity contribution in [3.05, 3.63) is 17.4 Å².